The molecule has 1 fully saturated rings. The lowest BCUT2D eigenvalue weighted by molar-refractivity contribution is 0.696. The van der Waals surface area contributed by atoms with Crippen LogP contribution < -0.4 is 0 Å². The normalized spacial score (nSPS) is 19.7. The second kappa shape index (κ2) is 6.58. The molecule has 0 heteroatoms. The highest BCUT2D eigenvalue weighted by molar-refractivity contribution is 5.80. The fraction of sp³-hybridized carbons (Fsp3) is 0.238. The number of hydrogen-bond acceptors (Lipinski definition) is 0. The summed E-state index contributed by atoms with van der Waals surface area (Å²) in [5, 5.41) is 0. The molecule has 106 valence electrons. The van der Waals surface area contributed by atoms with E-state index in [1.807, 2.05) is 0 Å². The van der Waals surface area contributed by atoms with E-state index in [9.17, 15) is 0 Å². The molecular weight excluding hydrogens is 252 g/mol. The van der Waals surface area contributed by atoms with Crippen LogP contribution in [0.4, 0.5) is 0 Å². The summed E-state index contributed by atoms with van der Waals surface area (Å²) < 4.78 is 0. The van der Waals surface area contributed by atoms with Gasteiger partial charge in [0.05, 0.1) is 0 Å². The molecule has 0 N–H and O–H groups in total. The number of allylic oxidation sites excluding steroid dienone is 3. The zero-order valence-corrected chi connectivity index (χ0v) is 12.6. The molecule has 0 spiro atoms. The van der Waals surface area contributed by atoms with Gasteiger partial charge in [-0.25, -0.2) is 0 Å². The van der Waals surface area contributed by atoms with Crippen LogP contribution in [0.3, 0.4) is 0 Å². The summed E-state index contributed by atoms with van der Waals surface area (Å²) in [6, 6.07) is 21.3. The molecule has 1 aliphatic rings. The van der Waals surface area contributed by atoms with E-state index in [1.54, 1.807) is 5.57 Å². The summed E-state index contributed by atoms with van der Waals surface area (Å²) in [5.41, 5.74) is 5.47. The summed E-state index contributed by atoms with van der Waals surface area (Å²) >= 11 is 0. The van der Waals surface area contributed by atoms with Crippen molar-refractivity contribution in [2.45, 2.75) is 26.2 Å². The maximum Gasteiger partial charge on any atom is -0.0111 e. The summed E-state index contributed by atoms with van der Waals surface area (Å²) in [5.74, 6) is 0.744. The van der Waals surface area contributed by atoms with Gasteiger partial charge in [0.1, 0.15) is 0 Å². The Bertz CT molecular complexity index is 591. The van der Waals surface area contributed by atoms with Gasteiger partial charge >= 0.3 is 0 Å². The monoisotopic (exact) mass is 274 g/mol. The Balaban J connectivity index is 2.01. The number of benzene rings is 2. The Morgan fingerprint density at radius 3 is 1.95 bits per heavy atom. The van der Waals surface area contributed by atoms with Gasteiger partial charge in [-0.1, -0.05) is 85.3 Å². The first-order chi connectivity index (χ1) is 10.3. The van der Waals surface area contributed by atoms with Crippen molar-refractivity contribution in [2.24, 2.45) is 5.92 Å². The zero-order chi connectivity index (χ0) is 14.5. The van der Waals surface area contributed by atoms with Gasteiger partial charge in [0.2, 0.25) is 0 Å². The highest BCUT2D eigenvalue weighted by atomic mass is 14.2. The van der Waals surface area contributed by atoms with Crippen LogP contribution in [0.15, 0.2) is 78.4 Å². The standard InChI is InChI=1S/C21H22/c1-17-9-8-14-18(17)15-16-21(19-10-4-2-5-11-19)20-12-6-3-7-13-20/h2-7,10-13,15-17H,8-9,14H2,1H3/b18-15+. The lowest BCUT2D eigenvalue weighted by Crippen LogP contribution is -1.90. The van der Waals surface area contributed by atoms with Crippen molar-refractivity contribution in [3.8, 4) is 0 Å². The predicted molar refractivity (Wildman–Crippen MR) is 91.1 cm³/mol. The smallest absolute Gasteiger partial charge is 0.0111 e. The van der Waals surface area contributed by atoms with Crippen LogP contribution in [0.5, 0.6) is 0 Å². The largest absolute Gasteiger partial charge is 0.0674 e. The van der Waals surface area contributed by atoms with Gasteiger partial charge in [-0.3, -0.25) is 0 Å². The third-order valence-corrected chi connectivity index (χ3v) is 4.37. The molecule has 2 aromatic carbocycles. The minimum absolute atomic E-state index is 0.744. The summed E-state index contributed by atoms with van der Waals surface area (Å²) in [4.78, 5) is 0. The minimum Gasteiger partial charge on any atom is -0.0674 e. The minimum atomic E-state index is 0.744. The second-order valence-electron chi connectivity index (χ2n) is 5.85. The topological polar surface area (TPSA) is 0 Å². The predicted octanol–water partition coefficient (Wildman–Crippen LogP) is 5.86. The van der Waals surface area contributed by atoms with E-state index in [4.69, 9.17) is 0 Å². The van der Waals surface area contributed by atoms with E-state index >= 15 is 0 Å². The molecule has 0 amide bonds. The van der Waals surface area contributed by atoms with Crippen LogP contribution in [-0.4, -0.2) is 0 Å². The van der Waals surface area contributed by atoms with Crippen LogP contribution in [-0.2, 0) is 0 Å². The lowest BCUT2D eigenvalue weighted by Gasteiger charge is -2.09. The quantitative estimate of drug-likeness (QED) is 0.657. The van der Waals surface area contributed by atoms with Crippen LogP contribution >= 0.6 is 0 Å². The third-order valence-electron chi connectivity index (χ3n) is 4.37. The van der Waals surface area contributed by atoms with E-state index in [1.165, 1.54) is 36.0 Å². The van der Waals surface area contributed by atoms with E-state index < -0.39 is 0 Å². The SMILES string of the molecule is CC1CCC/C1=C\C=C(c1ccccc1)c1ccccc1. The fourth-order valence-electron chi connectivity index (χ4n) is 3.08. The van der Waals surface area contributed by atoms with E-state index in [0.29, 0.717) is 0 Å². The molecule has 1 atom stereocenters. The second-order valence-corrected chi connectivity index (χ2v) is 5.85. The number of rotatable bonds is 3. The molecule has 0 aliphatic heterocycles. The van der Waals surface area contributed by atoms with Crippen molar-refractivity contribution in [1.82, 2.24) is 0 Å². The first-order valence-electron chi connectivity index (χ1n) is 7.86. The van der Waals surface area contributed by atoms with Crippen molar-refractivity contribution < 1.29 is 0 Å². The van der Waals surface area contributed by atoms with Gasteiger partial charge < -0.3 is 0 Å². The molecule has 0 bridgehead atoms. The molecule has 0 aromatic heterocycles. The Kier molecular flexibility index (Phi) is 4.35. The first kappa shape index (κ1) is 13.9. The van der Waals surface area contributed by atoms with E-state index in [-0.39, 0.29) is 0 Å². The van der Waals surface area contributed by atoms with Gasteiger partial charge in [-0.15, -0.1) is 0 Å². The molecule has 3 rings (SSSR count). The molecule has 1 saturated carbocycles. The van der Waals surface area contributed by atoms with Gasteiger partial charge in [0.15, 0.2) is 0 Å². The Morgan fingerprint density at radius 1 is 0.905 bits per heavy atom. The van der Waals surface area contributed by atoms with E-state index in [2.05, 4.69) is 79.7 Å². The molecule has 0 heterocycles. The Morgan fingerprint density at radius 2 is 1.48 bits per heavy atom. The first-order valence-corrected chi connectivity index (χ1v) is 7.86. The average Bonchev–Trinajstić information content (AvgIpc) is 2.95. The van der Waals surface area contributed by atoms with Crippen molar-refractivity contribution in [3.63, 3.8) is 0 Å². The lowest BCUT2D eigenvalue weighted by atomic mass is 9.96. The van der Waals surface area contributed by atoms with E-state index in [0.717, 1.165) is 5.92 Å². The summed E-state index contributed by atoms with van der Waals surface area (Å²) in [6.07, 6.45) is 8.60. The highest BCUT2D eigenvalue weighted by Gasteiger charge is 2.15. The third kappa shape index (κ3) is 3.33. The Hall–Kier alpha value is -2.08. The average molecular weight is 274 g/mol. The van der Waals surface area contributed by atoms with Gasteiger partial charge in [0, 0.05) is 0 Å². The van der Waals surface area contributed by atoms with Gasteiger partial charge in [-0.05, 0) is 41.9 Å². The van der Waals surface area contributed by atoms with Crippen molar-refractivity contribution >= 4 is 5.57 Å². The Labute approximate surface area is 127 Å². The maximum atomic E-state index is 2.35. The maximum absolute atomic E-state index is 2.35. The van der Waals surface area contributed by atoms with Crippen LogP contribution in [0, 0.1) is 5.92 Å². The molecule has 0 radical (unpaired) electrons. The molecule has 2 aromatic rings. The molecule has 0 nitrogen and oxygen atoms in total. The number of hydrogen-bond donors (Lipinski definition) is 0. The summed E-state index contributed by atoms with van der Waals surface area (Å²) in [6.45, 7) is 2.34. The van der Waals surface area contributed by atoms with Crippen molar-refractivity contribution in [1.29, 1.82) is 0 Å². The van der Waals surface area contributed by atoms with Gasteiger partial charge in [-0.2, -0.15) is 0 Å². The van der Waals surface area contributed by atoms with Crippen molar-refractivity contribution in [2.75, 3.05) is 0 Å². The van der Waals surface area contributed by atoms with Crippen molar-refractivity contribution in [3.05, 3.63) is 89.5 Å². The molecular formula is C21H22. The molecule has 1 unspecified atom stereocenters. The van der Waals surface area contributed by atoms with Gasteiger partial charge in [0.25, 0.3) is 0 Å². The fourth-order valence-corrected chi connectivity index (χ4v) is 3.08. The van der Waals surface area contributed by atoms with Crippen LogP contribution in [0.1, 0.15) is 37.3 Å². The zero-order valence-electron chi connectivity index (χ0n) is 12.6. The van der Waals surface area contributed by atoms with Crippen LogP contribution in [0.25, 0.3) is 5.57 Å². The highest BCUT2D eigenvalue weighted by Crippen LogP contribution is 2.31. The van der Waals surface area contributed by atoms with Crippen LogP contribution in [0.2, 0.25) is 0 Å². The summed E-state index contributed by atoms with van der Waals surface area (Å²) in [7, 11) is 0. The molecule has 21 heavy (non-hydrogen) atoms. The molecule has 1 aliphatic carbocycles. The molecule has 0 saturated heterocycles.